The van der Waals surface area contributed by atoms with Crippen LogP contribution in [0.15, 0.2) is 18.3 Å². The van der Waals surface area contributed by atoms with Crippen LogP contribution in [0.1, 0.15) is 35.0 Å². The van der Waals surface area contributed by atoms with Crippen molar-refractivity contribution in [1.82, 2.24) is 15.2 Å². The number of fused-ring (bicyclic) bond motifs is 1. The Bertz CT molecular complexity index is 523. The highest BCUT2D eigenvalue weighted by Crippen LogP contribution is 2.37. The van der Waals surface area contributed by atoms with Crippen LogP contribution in [0, 0.1) is 0 Å². The fraction of sp³-hybridized carbons (Fsp3) is 0.417. The van der Waals surface area contributed by atoms with Gasteiger partial charge in [-0.2, -0.15) is 0 Å². The molecule has 0 saturated heterocycles. The smallest absolute Gasteiger partial charge is 0.205 e. The monoisotopic (exact) mass is 246 g/mol. The van der Waals surface area contributed by atoms with Crippen molar-refractivity contribution in [2.24, 2.45) is 0 Å². The van der Waals surface area contributed by atoms with Crippen molar-refractivity contribution < 1.29 is 0 Å². The summed E-state index contributed by atoms with van der Waals surface area (Å²) in [6, 6.07) is 4.19. The van der Waals surface area contributed by atoms with E-state index < -0.39 is 0 Å². The second-order valence-corrected chi connectivity index (χ2v) is 5.20. The van der Waals surface area contributed by atoms with Gasteiger partial charge in [0.25, 0.3) is 0 Å². The molecular weight excluding hydrogens is 232 g/mol. The maximum absolute atomic E-state index is 4.53. The van der Waals surface area contributed by atoms with Crippen LogP contribution >= 0.6 is 11.3 Å². The largest absolute Gasteiger partial charge is 0.363 e. The summed E-state index contributed by atoms with van der Waals surface area (Å²) in [7, 11) is 1.87. The summed E-state index contributed by atoms with van der Waals surface area (Å²) in [6.07, 6.45) is 5.34. The second-order valence-electron chi connectivity index (χ2n) is 4.19. The number of anilines is 1. The van der Waals surface area contributed by atoms with Gasteiger partial charge in [-0.15, -0.1) is 10.2 Å². The van der Waals surface area contributed by atoms with E-state index in [0.717, 1.165) is 23.0 Å². The molecule has 2 aromatic rings. The van der Waals surface area contributed by atoms with Gasteiger partial charge >= 0.3 is 0 Å². The third kappa shape index (κ3) is 1.91. The zero-order valence-electron chi connectivity index (χ0n) is 9.68. The maximum atomic E-state index is 4.53. The topological polar surface area (TPSA) is 50.7 Å². The average Bonchev–Trinajstić information content (AvgIpc) is 2.87. The van der Waals surface area contributed by atoms with Gasteiger partial charge in [-0.1, -0.05) is 17.4 Å². The van der Waals surface area contributed by atoms with Crippen molar-refractivity contribution in [1.29, 1.82) is 0 Å². The van der Waals surface area contributed by atoms with Gasteiger partial charge in [0.1, 0.15) is 5.01 Å². The Balaban J connectivity index is 1.99. The van der Waals surface area contributed by atoms with E-state index in [1.54, 1.807) is 11.3 Å². The van der Waals surface area contributed by atoms with Crippen molar-refractivity contribution in [3.63, 3.8) is 0 Å². The Kier molecular flexibility index (Phi) is 2.76. The van der Waals surface area contributed by atoms with Gasteiger partial charge in [0, 0.05) is 13.2 Å². The van der Waals surface area contributed by atoms with Crippen LogP contribution < -0.4 is 5.32 Å². The van der Waals surface area contributed by atoms with Crippen molar-refractivity contribution >= 4 is 16.5 Å². The Labute approximate surface area is 104 Å². The molecule has 1 aliphatic rings. The lowest BCUT2D eigenvalue weighted by molar-refractivity contribution is 0.592. The molecule has 0 aromatic carbocycles. The molecule has 0 amide bonds. The minimum atomic E-state index is 0.333. The molecule has 0 spiro atoms. The van der Waals surface area contributed by atoms with E-state index in [9.17, 15) is 0 Å². The van der Waals surface area contributed by atoms with E-state index in [2.05, 4.69) is 26.6 Å². The first kappa shape index (κ1) is 10.7. The molecule has 1 aliphatic carbocycles. The predicted molar refractivity (Wildman–Crippen MR) is 68.5 cm³/mol. The minimum absolute atomic E-state index is 0.333. The quantitative estimate of drug-likeness (QED) is 0.884. The van der Waals surface area contributed by atoms with Gasteiger partial charge in [0.15, 0.2) is 0 Å². The molecule has 0 fully saturated rings. The number of pyridine rings is 1. The zero-order valence-corrected chi connectivity index (χ0v) is 10.5. The lowest BCUT2D eigenvalue weighted by Crippen LogP contribution is -2.12. The molecule has 0 radical (unpaired) electrons. The first-order valence-corrected chi connectivity index (χ1v) is 6.65. The molecule has 3 rings (SSSR count). The molecule has 88 valence electrons. The van der Waals surface area contributed by atoms with Gasteiger partial charge < -0.3 is 5.32 Å². The Hall–Kier alpha value is -1.49. The predicted octanol–water partition coefficient (Wildman–Crippen LogP) is 2.44. The maximum Gasteiger partial charge on any atom is 0.205 e. The molecule has 1 unspecified atom stereocenters. The molecule has 2 aromatic heterocycles. The van der Waals surface area contributed by atoms with Crippen LogP contribution in [0.2, 0.25) is 0 Å². The zero-order chi connectivity index (χ0) is 11.7. The normalized spacial score (nSPS) is 18.8. The van der Waals surface area contributed by atoms with E-state index in [1.807, 2.05) is 19.3 Å². The number of rotatable bonds is 2. The summed E-state index contributed by atoms with van der Waals surface area (Å²) < 4.78 is 0. The fourth-order valence-electron chi connectivity index (χ4n) is 2.33. The third-order valence-corrected chi connectivity index (χ3v) is 4.20. The molecule has 5 heteroatoms. The van der Waals surface area contributed by atoms with Gasteiger partial charge in [-0.05, 0) is 30.9 Å². The third-order valence-electron chi connectivity index (χ3n) is 3.15. The second kappa shape index (κ2) is 4.41. The molecule has 17 heavy (non-hydrogen) atoms. The van der Waals surface area contributed by atoms with E-state index in [-0.39, 0.29) is 0 Å². The van der Waals surface area contributed by atoms with Crippen molar-refractivity contribution in [2.45, 2.75) is 25.2 Å². The molecule has 1 atom stereocenters. The van der Waals surface area contributed by atoms with Crippen LogP contribution in [0.4, 0.5) is 5.13 Å². The standard InChI is InChI=1S/C12H14N4S/c1-13-12-16-15-11(17-12)9-6-2-4-8-5-3-7-14-10(8)9/h3,5,7,9H,2,4,6H2,1H3,(H,13,16). The van der Waals surface area contributed by atoms with Crippen molar-refractivity contribution in [2.75, 3.05) is 12.4 Å². The molecule has 0 saturated carbocycles. The SMILES string of the molecule is CNc1nnc(C2CCCc3cccnc32)s1. The summed E-state index contributed by atoms with van der Waals surface area (Å²) in [6.45, 7) is 0. The number of hydrogen-bond donors (Lipinski definition) is 1. The number of hydrogen-bond acceptors (Lipinski definition) is 5. The van der Waals surface area contributed by atoms with Gasteiger partial charge in [-0.3, -0.25) is 4.98 Å². The van der Waals surface area contributed by atoms with Crippen LogP contribution in [-0.4, -0.2) is 22.2 Å². The van der Waals surface area contributed by atoms with Gasteiger partial charge in [0.2, 0.25) is 5.13 Å². The molecule has 0 bridgehead atoms. The van der Waals surface area contributed by atoms with Crippen molar-refractivity contribution in [3.8, 4) is 0 Å². The van der Waals surface area contributed by atoms with Gasteiger partial charge in [0.05, 0.1) is 11.6 Å². The van der Waals surface area contributed by atoms with Crippen LogP contribution in [0.3, 0.4) is 0 Å². The molecule has 0 aliphatic heterocycles. The highest BCUT2D eigenvalue weighted by atomic mass is 32.1. The summed E-state index contributed by atoms with van der Waals surface area (Å²) in [5, 5.41) is 13.4. The van der Waals surface area contributed by atoms with E-state index >= 15 is 0 Å². The van der Waals surface area contributed by atoms with Crippen LogP contribution in [0.25, 0.3) is 0 Å². The first-order chi connectivity index (χ1) is 8.38. The average molecular weight is 246 g/mol. The lowest BCUT2D eigenvalue weighted by atomic mass is 9.87. The van der Waals surface area contributed by atoms with E-state index in [0.29, 0.717) is 5.92 Å². The molecule has 4 nitrogen and oxygen atoms in total. The lowest BCUT2D eigenvalue weighted by Gasteiger charge is -2.21. The van der Waals surface area contributed by atoms with Crippen LogP contribution in [-0.2, 0) is 6.42 Å². The van der Waals surface area contributed by atoms with Crippen LogP contribution in [0.5, 0.6) is 0 Å². The fourth-order valence-corrected chi connectivity index (χ4v) is 3.16. The number of aryl methyl sites for hydroxylation is 1. The number of aromatic nitrogens is 3. The summed E-state index contributed by atoms with van der Waals surface area (Å²) in [5.74, 6) is 0.333. The highest BCUT2D eigenvalue weighted by molar-refractivity contribution is 7.15. The van der Waals surface area contributed by atoms with Gasteiger partial charge in [-0.25, -0.2) is 0 Å². The summed E-state index contributed by atoms with van der Waals surface area (Å²) in [4.78, 5) is 4.53. The molecule has 2 heterocycles. The Morgan fingerprint density at radius 2 is 2.35 bits per heavy atom. The number of nitrogens with zero attached hydrogens (tertiary/aromatic N) is 3. The Morgan fingerprint density at radius 3 is 3.18 bits per heavy atom. The molecule has 1 N–H and O–H groups in total. The molecular formula is C12H14N4S. The van der Waals surface area contributed by atoms with Crippen molar-refractivity contribution in [3.05, 3.63) is 34.6 Å². The highest BCUT2D eigenvalue weighted by Gasteiger charge is 2.25. The number of nitrogens with one attached hydrogen (secondary N) is 1. The first-order valence-electron chi connectivity index (χ1n) is 5.83. The minimum Gasteiger partial charge on any atom is -0.363 e. The summed E-state index contributed by atoms with van der Waals surface area (Å²) >= 11 is 1.63. The van der Waals surface area contributed by atoms with E-state index in [1.165, 1.54) is 17.7 Å². The summed E-state index contributed by atoms with van der Waals surface area (Å²) in [5.41, 5.74) is 2.56. The Morgan fingerprint density at radius 1 is 1.41 bits per heavy atom. The van der Waals surface area contributed by atoms with E-state index in [4.69, 9.17) is 0 Å².